The van der Waals surface area contributed by atoms with Crippen LogP contribution in [0.5, 0.6) is 0 Å². The van der Waals surface area contributed by atoms with Crippen molar-refractivity contribution in [3.05, 3.63) is 29.8 Å². The van der Waals surface area contributed by atoms with Crippen LogP contribution in [0.15, 0.2) is 29.2 Å². The molecule has 2 atom stereocenters. The van der Waals surface area contributed by atoms with Gasteiger partial charge in [0.05, 0.1) is 10.5 Å². The van der Waals surface area contributed by atoms with Gasteiger partial charge in [-0.25, -0.2) is 8.42 Å². The zero-order chi connectivity index (χ0) is 18.0. The lowest BCUT2D eigenvalue weighted by Gasteiger charge is -2.39. The molecule has 3 nitrogen and oxygen atoms in total. The van der Waals surface area contributed by atoms with Crippen LogP contribution in [-0.2, 0) is 16.2 Å². The second-order valence-electron chi connectivity index (χ2n) is 8.26. The molecular formula is C17H22F3NO2S. The van der Waals surface area contributed by atoms with Gasteiger partial charge in [-0.15, -0.1) is 0 Å². The highest BCUT2D eigenvalue weighted by Crippen LogP contribution is 2.54. The van der Waals surface area contributed by atoms with Crippen LogP contribution in [0.1, 0.15) is 45.6 Å². The third-order valence-corrected chi connectivity index (χ3v) is 7.10. The third kappa shape index (κ3) is 2.96. The average Bonchev–Trinajstić information content (AvgIpc) is 2.67. The van der Waals surface area contributed by atoms with Crippen molar-refractivity contribution in [2.45, 2.75) is 57.1 Å². The molecule has 1 aliphatic heterocycles. The number of nitrogens with zero attached hydrogens (tertiary/aromatic N) is 1. The van der Waals surface area contributed by atoms with Gasteiger partial charge in [0.25, 0.3) is 0 Å². The highest BCUT2D eigenvalue weighted by Gasteiger charge is 2.54. The second kappa shape index (κ2) is 5.21. The summed E-state index contributed by atoms with van der Waals surface area (Å²) in [6.07, 6.45) is -2.43. The van der Waals surface area contributed by atoms with E-state index in [-0.39, 0.29) is 23.4 Å². The molecule has 1 heterocycles. The Morgan fingerprint density at radius 2 is 1.75 bits per heavy atom. The molecule has 2 unspecified atom stereocenters. The summed E-state index contributed by atoms with van der Waals surface area (Å²) in [6.45, 7) is 6.51. The second-order valence-corrected chi connectivity index (χ2v) is 10.1. The van der Waals surface area contributed by atoms with Crippen LogP contribution in [0.4, 0.5) is 13.2 Å². The van der Waals surface area contributed by atoms with E-state index in [0.29, 0.717) is 12.8 Å². The van der Waals surface area contributed by atoms with Crippen LogP contribution in [0, 0.1) is 10.8 Å². The first-order chi connectivity index (χ1) is 10.8. The Morgan fingerprint density at radius 3 is 2.38 bits per heavy atom. The number of hydrogen-bond donors (Lipinski definition) is 0. The maximum absolute atomic E-state index is 13.2. The molecule has 24 heavy (non-hydrogen) atoms. The number of alkyl halides is 3. The lowest BCUT2D eigenvalue weighted by Crippen LogP contribution is -2.38. The smallest absolute Gasteiger partial charge is 0.207 e. The van der Waals surface area contributed by atoms with Gasteiger partial charge in [-0.2, -0.15) is 17.5 Å². The molecule has 1 aliphatic carbocycles. The van der Waals surface area contributed by atoms with Gasteiger partial charge in [-0.3, -0.25) is 0 Å². The highest BCUT2D eigenvalue weighted by atomic mass is 32.2. The lowest BCUT2D eigenvalue weighted by molar-refractivity contribution is -0.139. The Morgan fingerprint density at radius 1 is 1.12 bits per heavy atom. The number of benzene rings is 1. The summed E-state index contributed by atoms with van der Waals surface area (Å²) in [5.41, 5.74) is -1.27. The summed E-state index contributed by atoms with van der Waals surface area (Å²) in [7, 11) is -4.18. The fraction of sp³-hybridized carbons (Fsp3) is 0.647. The van der Waals surface area contributed by atoms with E-state index in [2.05, 4.69) is 13.8 Å². The van der Waals surface area contributed by atoms with Gasteiger partial charge in [0.1, 0.15) is 0 Å². The zero-order valence-corrected chi connectivity index (χ0v) is 14.8. The van der Waals surface area contributed by atoms with Gasteiger partial charge >= 0.3 is 6.18 Å². The first-order valence-corrected chi connectivity index (χ1v) is 9.46. The molecule has 134 valence electrons. The molecule has 2 fully saturated rings. The molecule has 0 aromatic heterocycles. The van der Waals surface area contributed by atoms with Crippen molar-refractivity contribution >= 4 is 10.0 Å². The molecule has 1 saturated heterocycles. The summed E-state index contributed by atoms with van der Waals surface area (Å²) in [5.74, 6) is 0. The normalized spacial score (nSPS) is 30.5. The SMILES string of the molecule is CC1(C)CC2CC(C)(CN2S(=O)(=O)c2ccccc2C(F)(F)F)C1. The largest absolute Gasteiger partial charge is 0.417 e. The summed E-state index contributed by atoms with van der Waals surface area (Å²) in [6, 6.07) is 4.23. The summed E-state index contributed by atoms with van der Waals surface area (Å²) < 4.78 is 67.1. The minimum Gasteiger partial charge on any atom is -0.207 e. The van der Waals surface area contributed by atoms with E-state index in [4.69, 9.17) is 0 Å². The molecule has 0 spiro atoms. The quantitative estimate of drug-likeness (QED) is 0.788. The van der Waals surface area contributed by atoms with Crippen LogP contribution in [0.2, 0.25) is 0 Å². The van der Waals surface area contributed by atoms with Crippen molar-refractivity contribution in [1.82, 2.24) is 4.31 Å². The fourth-order valence-corrected chi connectivity index (χ4v) is 6.73. The van der Waals surface area contributed by atoms with Gasteiger partial charge in [-0.1, -0.05) is 32.9 Å². The Bertz CT molecular complexity index is 757. The summed E-state index contributed by atoms with van der Waals surface area (Å²) in [5, 5.41) is 0. The van der Waals surface area contributed by atoms with E-state index in [0.717, 1.165) is 18.6 Å². The van der Waals surface area contributed by atoms with Crippen molar-refractivity contribution in [3.63, 3.8) is 0 Å². The van der Waals surface area contributed by atoms with Crippen molar-refractivity contribution in [2.75, 3.05) is 6.54 Å². The van der Waals surface area contributed by atoms with Crippen LogP contribution >= 0.6 is 0 Å². The molecule has 1 saturated carbocycles. The van der Waals surface area contributed by atoms with Crippen LogP contribution < -0.4 is 0 Å². The van der Waals surface area contributed by atoms with E-state index in [1.807, 2.05) is 6.92 Å². The first kappa shape index (κ1) is 17.7. The van der Waals surface area contributed by atoms with Gasteiger partial charge in [-0.05, 0) is 42.2 Å². The molecule has 7 heteroatoms. The average molecular weight is 361 g/mol. The van der Waals surface area contributed by atoms with E-state index < -0.39 is 26.7 Å². The molecule has 0 N–H and O–H groups in total. The summed E-state index contributed by atoms with van der Waals surface area (Å²) >= 11 is 0. The maximum Gasteiger partial charge on any atom is 0.417 e. The number of fused-ring (bicyclic) bond motifs is 2. The van der Waals surface area contributed by atoms with E-state index in [1.165, 1.54) is 16.4 Å². The van der Waals surface area contributed by atoms with Crippen molar-refractivity contribution in [1.29, 1.82) is 0 Å². The third-order valence-electron chi connectivity index (χ3n) is 5.15. The Balaban J connectivity index is 2.05. The number of rotatable bonds is 2. The van der Waals surface area contributed by atoms with Crippen molar-refractivity contribution in [2.24, 2.45) is 10.8 Å². The van der Waals surface area contributed by atoms with Gasteiger partial charge < -0.3 is 0 Å². The Kier molecular flexibility index (Phi) is 3.85. The Labute approximate surface area is 140 Å². The molecule has 2 bridgehead atoms. The molecule has 1 aromatic carbocycles. The molecule has 2 aliphatic rings. The number of halogens is 3. The van der Waals surface area contributed by atoms with E-state index in [9.17, 15) is 21.6 Å². The van der Waals surface area contributed by atoms with Crippen molar-refractivity contribution in [3.8, 4) is 0 Å². The maximum atomic E-state index is 13.2. The predicted molar refractivity (Wildman–Crippen MR) is 84.9 cm³/mol. The number of hydrogen-bond acceptors (Lipinski definition) is 2. The van der Waals surface area contributed by atoms with Gasteiger partial charge in [0.2, 0.25) is 10.0 Å². The molecule has 0 radical (unpaired) electrons. The van der Waals surface area contributed by atoms with E-state index >= 15 is 0 Å². The van der Waals surface area contributed by atoms with Gasteiger partial charge in [0.15, 0.2) is 0 Å². The monoisotopic (exact) mass is 361 g/mol. The lowest BCUT2D eigenvalue weighted by atomic mass is 9.65. The minimum atomic E-state index is -4.69. The number of sulfonamides is 1. The predicted octanol–water partition coefficient (Wildman–Crippen LogP) is 4.29. The van der Waals surface area contributed by atoms with Crippen LogP contribution in [-0.4, -0.2) is 25.3 Å². The first-order valence-electron chi connectivity index (χ1n) is 8.02. The molecule has 0 amide bonds. The fourth-order valence-electron chi connectivity index (χ4n) is 4.74. The minimum absolute atomic E-state index is 0.00845. The van der Waals surface area contributed by atoms with Crippen molar-refractivity contribution < 1.29 is 21.6 Å². The van der Waals surface area contributed by atoms with Crippen LogP contribution in [0.25, 0.3) is 0 Å². The highest BCUT2D eigenvalue weighted by molar-refractivity contribution is 7.89. The van der Waals surface area contributed by atoms with Gasteiger partial charge in [0, 0.05) is 12.6 Å². The van der Waals surface area contributed by atoms with E-state index in [1.54, 1.807) is 0 Å². The summed E-state index contributed by atoms with van der Waals surface area (Å²) in [4.78, 5) is -0.633. The molecular weight excluding hydrogens is 339 g/mol. The molecule has 3 rings (SSSR count). The van der Waals surface area contributed by atoms with Crippen LogP contribution in [0.3, 0.4) is 0 Å². The Hall–Kier alpha value is -1.08. The zero-order valence-electron chi connectivity index (χ0n) is 14.0. The molecule has 1 aromatic rings. The standard InChI is InChI=1S/C17H22F3NO2S/c1-15(2)8-12-9-16(3,10-15)11-21(12)24(22,23)14-7-5-4-6-13(14)17(18,19)20/h4-7,12H,8-11H2,1-3H3. The topological polar surface area (TPSA) is 37.4 Å².